The summed E-state index contributed by atoms with van der Waals surface area (Å²) >= 11 is 5.87. The number of halogens is 1. The number of hydrogen-bond donors (Lipinski definition) is 2. The van der Waals surface area contributed by atoms with E-state index in [2.05, 4.69) is 12.2 Å². The summed E-state index contributed by atoms with van der Waals surface area (Å²) in [4.78, 5) is 0. The van der Waals surface area contributed by atoms with Crippen LogP contribution >= 0.6 is 11.6 Å². The molecule has 2 N–H and O–H groups in total. The Balaban J connectivity index is 2.72. The van der Waals surface area contributed by atoms with E-state index in [1.54, 1.807) is 0 Å². The molecule has 3 heteroatoms. The monoisotopic (exact) mass is 241 g/mol. The van der Waals surface area contributed by atoms with Crippen molar-refractivity contribution in [1.82, 2.24) is 5.32 Å². The minimum absolute atomic E-state index is 0.118. The maximum Gasteiger partial charge on any atom is 0.0582 e. The van der Waals surface area contributed by atoms with E-state index in [4.69, 9.17) is 16.7 Å². The lowest BCUT2D eigenvalue weighted by molar-refractivity contribution is 0.238. The van der Waals surface area contributed by atoms with Crippen LogP contribution in [0.15, 0.2) is 24.3 Å². The molecule has 0 fully saturated rings. The van der Waals surface area contributed by atoms with Crippen molar-refractivity contribution in [2.75, 3.05) is 6.61 Å². The smallest absolute Gasteiger partial charge is 0.0582 e. The largest absolute Gasteiger partial charge is 0.395 e. The van der Waals surface area contributed by atoms with Crippen LogP contribution in [-0.2, 0) is 0 Å². The van der Waals surface area contributed by atoms with Gasteiger partial charge in [0.2, 0.25) is 0 Å². The number of benzene rings is 1. The van der Waals surface area contributed by atoms with Gasteiger partial charge in [0.1, 0.15) is 0 Å². The highest BCUT2D eigenvalue weighted by atomic mass is 35.5. The molecule has 0 aliphatic heterocycles. The van der Waals surface area contributed by atoms with Crippen molar-refractivity contribution in [1.29, 1.82) is 0 Å². The Bertz CT molecular complexity index is 299. The van der Waals surface area contributed by atoms with Gasteiger partial charge in [0.25, 0.3) is 0 Å². The van der Waals surface area contributed by atoms with Gasteiger partial charge >= 0.3 is 0 Å². The van der Waals surface area contributed by atoms with E-state index in [-0.39, 0.29) is 12.6 Å². The highest BCUT2D eigenvalue weighted by Gasteiger charge is 2.12. The summed E-state index contributed by atoms with van der Waals surface area (Å²) in [6.07, 6.45) is 2.17. The third kappa shape index (κ3) is 4.12. The summed E-state index contributed by atoms with van der Waals surface area (Å²) in [6, 6.07) is 8.31. The SMILES string of the molecule is CCCC(NC(C)CO)c1ccc(Cl)cc1. The van der Waals surface area contributed by atoms with E-state index in [9.17, 15) is 0 Å². The number of aliphatic hydroxyl groups excluding tert-OH is 1. The van der Waals surface area contributed by atoms with Crippen molar-refractivity contribution in [3.05, 3.63) is 34.9 Å². The number of hydrogen-bond acceptors (Lipinski definition) is 2. The van der Waals surface area contributed by atoms with E-state index >= 15 is 0 Å². The van der Waals surface area contributed by atoms with Crippen LogP contribution in [0.3, 0.4) is 0 Å². The third-order valence-electron chi connectivity index (χ3n) is 2.61. The van der Waals surface area contributed by atoms with Gasteiger partial charge in [0.15, 0.2) is 0 Å². The predicted molar refractivity (Wildman–Crippen MR) is 68.8 cm³/mol. The van der Waals surface area contributed by atoms with Crippen LogP contribution in [0.4, 0.5) is 0 Å². The topological polar surface area (TPSA) is 32.3 Å². The first-order valence-corrected chi connectivity index (χ1v) is 6.17. The zero-order chi connectivity index (χ0) is 12.0. The maximum absolute atomic E-state index is 9.06. The molecule has 0 saturated heterocycles. The third-order valence-corrected chi connectivity index (χ3v) is 2.86. The highest BCUT2D eigenvalue weighted by molar-refractivity contribution is 6.30. The van der Waals surface area contributed by atoms with Gasteiger partial charge in [-0.05, 0) is 31.0 Å². The quantitative estimate of drug-likeness (QED) is 0.802. The zero-order valence-corrected chi connectivity index (χ0v) is 10.7. The summed E-state index contributed by atoms with van der Waals surface area (Å²) in [5.74, 6) is 0. The standard InChI is InChI=1S/C13H20ClNO/c1-3-4-13(15-10(2)9-16)11-5-7-12(14)8-6-11/h5-8,10,13,15-16H,3-4,9H2,1-2H3. The first-order chi connectivity index (χ1) is 7.67. The fraction of sp³-hybridized carbons (Fsp3) is 0.538. The molecule has 1 aromatic rings. The molecular weight excluding hydrogens is 222 g/mol. The zero-order valence-electron chi connectivity index (χ0n) is 9.91. The average Bonchev–Trinajstić information content (AvgIpc) is 2.29. The van der Waals surface area contributed by atoms with Crippen LogP contribution in [-0.4, -0.2) is 17.8 Å². The first kappa shape index (κ1) is 13.5. The van der Waals surface area contributed by atoms with Crippen LogP contribution in [0, 0.1) is 0 Å². The number of aliphatic hydroxyl groups is 1. The highest BCUT2D eigenvalue weighted by Crippen LogP contribution is 2.21. The fourth-order valence-corrected chi connectivity index (χ4v) is 1.85. The molecule has 1 aromatic carbocycles. The minimum Gasteiger partial charge on any atom is -0.395 e. The molecule has 0 aromatic heterocycles. The molecular formula is C13H20ClNO. The number of rotatable bonds is 6. The molecule has 90 valence electrons. The molecule has 0 saturated carbocycles. The molecule has 0 heterocycles. The molecule has 2 nitrogen and oxygen atoms in total. The van der Waals surface area contributed by atoms with Crippen molar-refractivity contribution in [3.63, 3.8) is 0 Å². The van der Waals surface area contributed by atoms with Crippen molar-refractivity contribution in [2.24, 2.45) is 0 Å². The van der Waals surface area contributed by atoms with Gasteiger partial charge in [-0.25, -0.2) is 0 Å². The van der Waals surface area contributed by atoms with E-state index in [0.29, 0.717) is 6.04 Å². The molecule has 0 amide bonds. The molecule has 0 spiro atoms. The second kappa shape index (κ2) is 6.89. The summed E-state index contributed by atoms with van der Waals surface area (Å²) in [5.41, 5.74) is 1.23. The van der Waals surface area contributed by atoms with E-state index in [0.717, 1.165) is 17.9 Å². The lowest BCUT2D eigenvalue weighted by Crippen LogP contribution is -2.33. The van der Waals surface area contributed by atoms with Gasteiger partial charge in [-0.2, -0.15) is 0 Å². The lowest BCUT2D eigenvalue weighted by Gasteiger charge is -2.22. The molecule has 2 unspecified atom stereocenters. The minimum atomic E-state index is 0.118. The Morgan fingerprint density at radius 1 is 1.31 bits per heavy atom. The van der Waals surface area contributed by atoms with Crippen LogP contribution in [0.5, 0.6) is 0 Å². The Morgan fingerprint density at radius 3 is 2.44 bits per heavy atom. The normalized spacial score (nSPS) is 14.8. The fourth-order valence-electron chi connectivity index (χ4n) is 1.73. The molecule has 0 aliphatic rings. The Kier molecular flexibility index (Phi) is 5.81. The molecule has 0 bridgehead atoms. The molecule has 1 rings (SSSR count). The second-order valence-electron chi connectivity index (χ2n) is 4.14. The van der Waals surface area contributed by atoms with Gasteiger partial charge in [-0.1, -0.05) is 37.1 Å². The van der Waals surface area contributed by atoms with Gasteiger partial charge in [0.05, 0.1) is 6.61 Å². The molecule has 2 atom stereocenters. The Labute approximate surface area is 103 Å². The Hall–Kier alpha value is -0.570. The van der Waals surface area contributed by atoms with Crippen molar-refractivity contribution in [3.8, 4) is 0 Å². The Morgan fingerprint density at radius 2 is 1.94 bits per heavy atom. The average molecular weight is 242 g/mol. The van der Waals surface area contributed by atoms with Crippen molar-refractivity contribution >= 4 is 11.6 Å². The van der Waals surface area contributed by atoms with E-state index in [1.807, 2.05) is 31.2 Å². The van der Waals surface area contributed by atoms with Gasteiger partial charge in [-0.15, -0.1) is 0 Å². The van der Waals surface area contributed by atoms with Crippen molar-refractivity contribution < 1.29 is 5.11 Å². The number of nitrogens with one attached hydrogen (secondary N) is 1. The van der Waals surface area contributed by atoms with E-state index in [1.165, 1.54) is 5.56 Å². The summed E-state index contributed by atoms with van der Waals surface area (Å²) in [5, 5.41) is 13.2. The van der Waals surface area contributed by atoms with Crippen LogP contribution in [0.2, 0.25) is 5.02 Å². The van der Waals surface area contributed by atoms with E-state index < -0.39 is 0 Å². The second-order valence-corrected chi connectivity index (χ2v) is 4.58. The summed E-state index contributed by atoms with van der Waals surface area (Å²) in [6.45, 7) is 4.31. The van der Waals surface area contributed by atoms with Crippen LogP contribution in [0.25, 0.3) is 0 Å². The maximum atomic E-state index is 9.06. The van der Waals surface area contributed by atoms with Crippen molar-refractivity contribution in [2.45, 2.75) is 38.8 Å². The molecule has 0 radical (unpaired) electrons. The van der Waals surface area contributed by atoms with Gasteiger partial charge in [-0.3, -0.25) is 0 Å². The molecule has 16 heavy (non-hydrogen) atoms. The molecule has 0 aliphatic carbocycles. The van der Waals surface area contributed by atoms with Gasteiger partial charge < -0.3 is 10.4 Å². The van der Waals surface area contributed by atoms with Crippen LogP contribution in [0.1, 0.15) is 38.3 Å². The first-order valence-electron chi connectivity index (χ1n) is 5.79. The summed E-state index contributed by atoms with van der Waals surface area (Å²) in [7, 11) is 0. The van der Waals surface area contributed by atoms with Gasteiger partial charge in [0, 0.05) is 17.1 Å². The predicted octanol–water partition coefficient (Wildman–Crippen LogP) is 3.15. The lowest BCUT2D eigenvalue weighted by atomic mass is 10.0. The van der Waals surface area contributed by atoms with Crippen LogP contribution < -0.4 is 5.32 Å². The summed E-state index contributed by atoms with van der Waals surface area (Å²) < 4.78 is 0.